The molecule has 1 heterocycles. The quantitative estimate of drug-likeness (QED) is 0.784. The largest absolute Gasteiger partial charge is 0.317 e. The van der Waals surface area contributed by atoms with Crippen LogP contribution in [-0.2, 0) is 10.2 Å². The van der Waals surface area contributed by atoms with Gasteiger partial charge in [0.05, 0.1) is 0 Å². The SMILES string of the molecule is CCNCC1CCN(S(=O)(=O)N(C)C(C)C)CC1. The summed E-state index contributed by atoms with van der Waals surface area (Å²) >= 11 is 0. The number of hydrogen-bond acceptors (Lipinski definition) is 3. The monoisotopic (exact) mass is 277 g/mol. The lowest BCUT2D eigenvalue weighted by molar-refractivity contribution is 0.249. The van der Waals surface area contributed by atoms with E-state index >= 15 is 0 Å². The van der Waals surface area contributed by atoms with Crippen molar-refractivity contribution < 1.29 is 8.42 Å². The summed E-state index contributed by atoms with van der Waals surface area (Å²) in [5.41, 5.74) is 0. The Balaban J connectivity index is 2.52. The first-order valence-electron chi connectivity index (χ1n) is 6.83. The van der Waals surface area contributed by atoms with Crippen molar-refractivity contribution in [2.45, 2.75) is 39.7 Å². The Morgan fingerprint density at radius 3 is 2.33 bits per heavy atom. The number of nitrogens with zero attached hydrogens (tertiary/aromatic N) is 2. The van der Waals surface area contributed by atoms with Gasteiger partial charge in [0.15, 0.2) is 0 Å². The van der Waals surface area contributed by atoms with Crippen LogP contribution in [0, 0.1) is 5.92 Å². The van der Waals surface area contributed by atoms with Crippen LogP contribution < -0.4 is 5.32 Å². The zero-order valence-electron chi connectivity index (χ0n) is 12.0. The van der Waals surface area contributed by atoms with Crippen molar-refractivity contribution in [1.29, 1.82) is 0 Å². The van der Waals surface area contributed by atoms with Crippen LogP contribution in [0.1, 0.15) is 33.6 Å². The minimum absolute atomic E-state index is 0.00878. The zero-order chi connectivity index (χ0) is 13.8. The Kier molecular flexibility index (Phi) is 6.04. The van der Waals surface area contributed by atoms with Crippen LogP contribution in [0.3, 0.4) is 0 Å². The van der Waals surface area contributed by atoms with Crippen LogP contribution in [0.5, 0.6) is 0 Å². The van der Waals surface area contributed by atoms with Crippen molar-refractivity contribution in [3.8, 4) is 0 Å². The fourth-order valence-electron chi connectivity index (χ4n) is 2.14. The van der Waals surface area contributed by atoms with Gasteiger partial charge in [-0.15, -0.1) is 0 Å². The molecule has 1 fully saturated rings. The smallest absolute Gasteiger partial charge is 0.281 e. The second kappa shape index (κ2) is 6.84. The Morgan fingerprint density at radius 2 is 1.89 bits per heavy atom. The van der Waals surface area contributed by atoms with Gasteiger partial charge >= 0.3 is 0 Å². The Morgan fingerprint density at radius 1 is 1.33 bits per heavy atom. The lowest BCUT2D eigenvalue weighted by Crippen LogP contribution is -2.48. The third kappa shape index (κ3) is 3.91. The molecule has 0 amide bonds. The van der Waals surface area contributed by atoms with E-state index in [0.717, 1.165) is 25.9 Å². The molecular formula is C12H27N3O2S. The van der Waals surface area contributed by atoms with Gasteiger partial charge in [-0.1, -0.05) is 6.92 Å². The molecule has 0 aliphatic carbocycles. The van der Waals surface area contributed by atoms with E-state index in [1.807, 2.05) is 13.8 Å². The van der Waals surface area contributed by atoms with Crippen molar-refractivity contribution in [3.05, 3.63) is 0 Å². The summed E-state index contributed by atoms with van der Waals surface area (Å²) in [5, 5.41) is 3.33. The topological polar surface area (TPSA) is 52.7 Å². The van der Waals surface area contributed by atoms with Crippen molar-refractivity contribution >= 4 is 10.2 Å². The average molecular weight is 277 g/mol. The van der Waals surface area contributed by atoms with Crippen LogP contribution in [0.2, 0.25) is 0 Å². The van der Waals surface area contributed by atoms with E-state index in [4.69, 9.17) is 0 Å². The molecule has 0 aromatic heterocycles. The van der Waals surface area contributed by atoms with Gasteiger partial charge < -0.3 is 5.32 Å². The minimum Gasteiger partial charge on any atom is -0.317 e. The molecule has 1 saturated heterocycles. The Labute approximate surface area is 112 Å². The van der Waals surface area contributed by atoms with Gasteiger partial charge in [-0.05, 0) is 45.7 Å². The first-order chi connectivity index (χ1) is 8.39. The van der Waals surface area contributed by atoms with E-state index in [1.165, 1.54) is 4.31 Å². The predicted molar refractivity (Wildman–Crippen MR) is 74.7 cm³/mol. The van der Waals surface area contributed by atoms with E-state index in [0.29, 0.717) is 19.0 Å². The number of nitrogens with one attached hydrogen (secondary N) is 1. The molecule has 0 radical (unpaired) electrons. The normalized spacial score (nSPS) is 19.9. The molecule has 0 aromatic rings. The van der Waals surface area contributed by atoms with Crippen molar-refractivity contribution in [2.75, 3.05) is 33.2 Å². The summed E-state index contributed by atoms with van der Waals surface area (Å²) in [6.07, 6.45) is 1.91. The predicted octanol–water partition coefficient (Wildman–Crippen LogP) is 0.893. The molecule has 0 atom stereocenters. The van der Waals surface area contributed by atoms with Gasteiger partial charge in [0, 0.05) is 26.2 Å². The van der Waals surface area contributed by atoms with Gasteiger partial charge in [-0.2, -0.15) is 17.0 Å². The third-order valence-corrected chi connectivity index (χ3v) is 5.84. The summed E-state index contributed by atoms with van der Waals surface area (Å²) in [4.78, 5) is 0. The molecular weight excluding hydrogens is 250 g/mol. The second-order valence-electron chi connectivity index (χ2n) is 5.27. The average Bonchev–Trinajstić information content (AvgIpc) is 2.35. The first kappa shape index (κ1) is 15.9. The second-order valence-corrected chi connectivity index (χ2v) is 7.26. The molecule has 1 rings (SSSR count). The number of hydrogen-bond donors (Lipinski definition) is 1. The van der Waals surface area contributed by atoms with Crippen LogP contribution in [-0.4, -0.2) is 56.3 Å². The molecule has 0 spiro atoms. The van der Waals surface area contributed by atoms with Crippen LogP contribution >= 0.6 is 0 Å². The van der Waals surface area contributed by atoms with Crippen molar-refractivity contribution in [2.24, 2.45) is 5.92 Å². The summed E-state index contributed by atoms with van der Waals surface area (Å²) in [6, 6.07) is 0.00878. The molecule has 0 saturated carbocycles. The molecule has 5 nitrogen and oxygen atoms in total. The van der Waals surface area contributed by atoms with Crippen molar-refractivity contribution in [1.82, 2.24) is 13.9 Å². The molecule has 6 heteroatoms. The standard InChI is InChI=1S/C12H27N3O2S/c1-5-13-10-12-6-8-15(9-7-12)18(16,17)14(4)11(2)3/h11-13H,5-10H2,1-4H3. The Bertz CT molecular complexity index is 335. The van der Waals surface area contributed by atoms with E-state index in [9.17, 15) is 8.42 Å². The zero-order valence-corrected chi connectivity index (χ0v) is 12.8. The van der Waals surface area contributed by atoms with E-state index in [2.05, 4.69) is 12.2 Å². The molecule has 108 valence electrons. The van der Waals surface area contributed by atoms with Gasteiger partial charge in [0.2, 0.25) is 0 Å². The summed E-state index contributed by atoms with van der Waals surface area (Å²) in [5.74, 6) is 0.612. The van der Waals surface area contributed by atoms with E-state index in [-0.39, 0.29) is 6.04 Å². The van der Waals surface area contributed by atoms with E-state index < -0.39 is 10.2 Å². The van der Waals surface area contributed by atoms with Gasteiger partial charge in [0.25, 0.3) is 10.2 Å². The molecule has 1 aliphatic rings. The molecule has 0 unspecified atom stereocenters. The molecule has 18 heavy (non-hydrogen) atoms. The fourth-order valence-corrected chi connectivity index (χ4v) is 3.71. The minimum atomic E-state index is -3.26. The molecule has 1 aliphatic heterocycles. The summed E-state index contributed by atoms with van der Waals surface area (Å²) in [7, 11) is -1.60. The van der Waals surface area contributed by atoms with Gasteiger partial charge in [-0.25, -0.2) is 0 Å². The maximum absolute atomic E-state index is 12.3. The lowest BCUT2D eigenvalue weighted by atomic mass is 9.98. The molecule has 0 aromatic carbocycles. The maximum Gasteiger partial charge on any atom is 0.281 e. The fraction of sp³-hybridized carbons (Fsp3) is 1.00. The highest BCUT2D eigenvalue weighted by Gasteiger charge is 2.31. The summed E-state index contributed by atoms with van der Waals surface area (Å²) in [6.45, 7) is 9.17. The van der Waals surface area contributed by atoms with Gasteiger partial charge in [0.1, 0.15) is 0 Å². The highest BCUT2D eigenvalue weighted by molar-refractivity contribution is 7.86. The number of piperidine rings is 1. The van der Waals surface area contributed by atoms with Crippen molar-refractivity contribution in [3.63, 3.8) is 0 Å². The molecule has 1 N–H and O–H groups in total. The number of rotatable bonds is 6. The highest BCUT2D eigenvalue weighted by Crippen LogP contribution is 2.21. The maximum atomic E-state index is 12.3. The lowest BCUT2D eigenvalue weighted by Gasteiger charge is -2.35. The highest BCUT2D eigenvalue weighted by atomic mass is 32.2. The van der Waals surface area contributed by atoms with Crippen LogP contribution in [0.25, 0.3) is 0 Å². The Hall–Kier alpha value is -0.170. The van der Waals surface area contributed by atoms with E-state index in [1.54, 1.807) is 11.4 Å². The van der Waals surface area contributed by atoms with Crippen LogP contribution in [0.15, 0.2) is 0 Å². The van der Waals surface area contributed by atoms with Gasteiger partial charge in [-0.3, -0.25) is 0 Å². The third-order valence-electron chi connectivity index (χ3n) is 3.67. The summed E-state index contributed by atoms with van der Waals surface area (Å²) < 4.78 is 27.6. The first-order valence-corrected chi connectivity index (χ1v) is 8.23. The van der Waals surface area contributed by atoms with Crippen LogP contribution in [0.4, 0.5) is 0 Å². The molecule has 0 bridgehead atoms.